The van der Waals surface area contributed by atoms with E-state index >= 15 is 0 Å². The molecule has 0 aliphatic carbocycles. The Kier molecular flexibility index (Phi) is 5.23. The zero-order chi connectivity index (χ0) is 14.6. The quantitative estimate of drug-likeness (QED) is 0.857. The van der Waals surface area contributed by atoms with Gasteiger partial charge in [0.25, 0.3) is 0 Å². The van der Waals surface area contributed by atoms with Gasteiger partial charge in [0, 0.05) is 4.47 Å². The Balaban J connectivity index is 2.79. The molecule has 0 saturated carbocycles. The minimum Gasteiger partial charge on any atom is -0.495 e. The van der Waals surface area contributed by atoms with E-state index in [1.54, 1.807) is 14.0 Å². The largest absolute Gasteiger partial charge is 0.495 e. The van der Waals surface area contributed by atoms with Crippen LogP contribution < -0.4 is 10.1 Å². The fraction of sp³-hybridized carbons (Fsp3) is 0.500. The molecule has 0 saturated heterocycles. The first-order chi connectivity index (χ1) is 8.73. The van der Waals surface area contributed by atoms with Crippen LogP contribution in [0.15, 0.2) is 22.7 Å². The van der Waals surface area contributed by atoms with Crippen LogP contribution in [0.5, 0.6) is 5.75 Å². The normalized spacial score (nSPS) is 12.7. The van der Waals surface area contributed by atoms with Crippen LogP contribution in [0.4, 0.5) is 5.69 Å². The molecule has 0 spiro atoms. The van der Waals surface area contributed by atoms with Crippen molar-refractivity contribution in [3.8, 4) is 5.75 Å². The lowest BCUT2D eigenvalue weighted by atomic mass is 10.2. The van der Waals surface area contributed by atoms with E-state index in [9.17, 15) is 4.79 Å². The molecular formula is C14H20BrNO3. The molecule has 5 heteroatoms. The minimum atomic E-state index is -0.492. The zero-order valence-electron chi connectivity index (χ0n) is 11.9. The number of rotatable bonds is 4. The topological polar surface area (TPSA) is 47.6 Å². The molecule has 1 unspecified atom stereocenters. The van der Waals surface area contributed by atoms with Crippen LogP contribution in [0.2, 0.25) is 0 Å². The van der Waals surface area contributed by atoms with Crippen LogP contribution in [-0.4, -0.2) is 24.7 Å². The Labute approximate surface area is 122 Å². The Morgan fingerprint density at radius 1 is 1.37 bits per heavy atom. The lowest BCUT2D eigenvalue weighted by Gasteiger charge is -2.23. The molecule has 0 heterocycles. The minimum absolute atomic E-state index is 0.297. The van der Waals surface area contributed by atoms with Gasteiger partial charge in [-0.3, -0.25) is 0 Å². The van der Waals surface area contributed by atoms with Gasteiger partial charge in [-0.1, -0.05) is 15.9 Å². The highest BCUT2D eigenvalue weighted by Crippen LogP contribution is 2.28. The molecule has 1 rings (SSSR count). The average Bonchev–Trinajstić information content (AvgIpc) is 2.27. The number of halogens is 1. The number of carbonyl (C=O) groups excluding carboxylic acids is 1. The maximum absolute atomic E-state index is 11.9. The van der Waals surface area contributed by atoms with Crippen LogP contribution >= 0.6 is 15.9 Å². The summed E-state index contributed by atoms with van der Waals surface area (Å²) in [6.45, 7) is 7.29. The fourth-order valence-electron chi connectivity index (χ4n) is 1.48. The standard InChI is InChI=1S/C14H20BrNO3/c1-9(13(17)19-14(2,3)4)16-11-8-10(15)6-7-12(11)18-5/h6-9,16H,1-5H3. The zero-order valence-corrected chi connectivity index (χ0v) is 13.5. The summed E-state index contributed by atoms with van der Waals surface area (Å²) in [4.78, 5) is 11.9. The second kappa shape index (κ2) is 6.28. The second-order valence-electron chi connectivity index (χ2n) is 5.24. The van der Waals surface area contributed by atoms with Gasteiger partial charge in [0.1, 0.15) is 17.4 Å². The molecule has 4 nitrogen and oxygen atoms in total. The van der Waals surface area contributed by atoms with Crippen LogP contribution in [0.25, 0.3) is 0 Å². The summed E-state index contributed by atoms with van der Waals surface area (Å²) in [6.07, 6.45) is 0. The van der Waals surface area contributed by atoms with Gasteiger partial charge in [-0.15, -0.1) is 0 Å². The van der Waals surface area contributed by atoms with E-state index in [4.69, 9.17) is 9.47 Å². The van der Waals surface area contributed by atoms with Crippen LogP contribution in [0.3, 0.4) is 0 Å². The van der Waals surface area contributed by atoms with E-state index in [0.29, 0.717) is 5.75 Å². The van der Waals surface area contributed by atoms with Crippen molar-refractivity contribution >= 4 is 27.6 Å². The number of benzene rings is 1. The molecule has 1 N–H and O–H groups in total. The fourth-order valence-corrected chi connectivity index (χ4v) is 1.84. The van der Waals surface area contributed by atoms with Gasteiger partial charge in [-0.25, -0.2) is 4.79 Å². The molecule has 0 aliphatic rings. The number of ether oxygens (including phenoxy) is 2. The summed E-state index contributed by atoms with van der Waals surface area (Å²) in [5.41, 5.74) is 0.254. The molecule has 1 aromatic rings. The first kappa shape index (κ1) is 15.8. The third-order valence-electron chi connectivity index (χ3n) is 2.29. The van der Waals surface area contributed by atoms with Crippen molar-refractivity contribution in [2.45, 2.75) is 39.3 Å². The van der Waals surface area contributed by atoms with E-state index in [1.807, 2.05) is 39.0 Å². The highest BCUT2D eigenvalue weighted by Gasteiger charge is 2.22. The third-order valence-corrected chi connectivity index (χ3v) is 2.79. The number of carbonyl (C=O) groups is 1. The highest BCUT2D eigenvalue weighted by molar-refractivity contribution is 9.10. The molecule has 0 fully saturated rings. The molecule has 106 valence electrons. The third kappa shape index (κ3) is 5.11. The highest BCUT2D eigenvalue weighted by atomic mass is 79.9. The van der Waals surface area contributed by atoms with Crippen molar-refractivity contribution in [1.82, 2.24) is 0 Å². The maximum atomic E-state index is 11.9. The lowest BCUT2D eigenvalue weighted by Crippen LogP contribution is -2.34. The molecule has 0 amide bonds. The number of methoxy groups -OCH3 is 1. The van der Waals surface area contributed by atoms with Gasteiger partial charge in [0.15, 0.2) is 0 Å². The summed E-state index contributed by atoms with van der Waals surface area (Å²) in [7, 11) is 1.59. The molecule has 1 atom stereocenters. The van der Waals surface area contributed by atoms with Crippen molar-refractivity contribution in [2.24, 2.45) is 0 Å². The Morgan fingerprint density at radius 2 is 2.00 bits per heavy atom. The molecular weight excluding hydrogens is 310 g/mol. The number of hydrogen-bond donors (Lipinski definition) is 1. The maximum Gasteiger partial charge on any atom is 0.328 e. The first-order valence-corrected chi connectivity index (χ1v) is 6.85. The number of anilines is 1. The van der Waals surface area contributed by atoms with Gasteiger partial charge in [-0.2, -0.15) is 0 Å². The van der Waals surface area contributed by atoms with E-state index in [1.165, 1.54) is 0 Å². The van der Waals surface area contributed by atoms with E-state index in [-0.39, 0.29) is 5.97 Å². The van der Waals surface area contributed by atoms with E-state index in [0.717, 1.165) is 10.2 Å². The van der Waals surface area contributed by atoms with Crippen molar-refractivity contribution < 1.29 is 14.3 Å². The summed E-state index contributed by atoms with van der Waals surface area (Å²) in [6, 6.07) is 5.11. The molecule has 0 bridgehead atoms. The number of esters is 1. The van der Waals surface area contributed by atoms with Gasteiger partial charge >= 0.3 is 5.97 Å². The predicted molar refractivity (Wildman–Crippen MR) is 79.6 cm³/mol. The van der Waals surface area contributed by atoms with Crippen LogP contribution in [0, 0.1) is 0 Å². The SMILES string of the molecule is COc1ccc(Br)cc1NC(C)C(=O)OC(C)(C)C. The van der Waals surface area contributed by atoms with Crippen molar-refractivity contribution in [2.75, 3.05) is 12.4 Å². The van der Waals surface area contributed by atoms with Crippen molar-refractivity contribution in [3.05, 3.63) is 22.7 Å². The Morgan fingerprint density at radius 3 is 2.53 bits per heavy atom. The predicted octanol–water partition coefficient (Wildman–Crippen LogP) is 3.60. The van der Waals surface area contributed by atoms with E-state index in [2.05, 4.69) is 21.2 Å². The molecule has 19 heavy (non-hydrogen) atoms. The smallest absolute Gasteiger partial charge is 0.328 e. The van der Waals surface area contributed by atoms with E-state index < -0.39 is 11.6 Å². The average molecular weight is 330 g/mol. The molecule has 0 aromatic heterocycles. The number of hydrogen-bond acceptors (Lipinski definition) is 4. The van der Waals surface area contributed by atoms with Gasteiger partial charge in [-0.05, 0) is 45.9 Å². The van der Waals surface area contributed by atoms with Crippen LogP contribution in [0.1, 0.15) is 27.7 Å². The van der Waals surface area contributed by atoms with Crippen molar-refractivity contribution in [1.29, 1.82) is 0 Å². The summed E-state index contributed by atoms with van der Waals surface area (Å²) < 4.78 is 11.5. The molecule has 0 aliphatic heterocycles. The Bertz CT molecular complexity index is 454. The summed E-state index contributed by atoms with van der Waals surface area (Å²) in [5.74, 6) is 0.383. The summed E-state index contributed by atoms with van der Waals surface area (Å²) in [5, 5.41) is 3.10. The first-order valence-electron chi connectivity index (χ1n) is 6.06. The lowest BCUT2D eigenvalue weighted by molar-refractivity contribution is -0.155. The van der Waals surface area contributed by atoms with Crippen LogP contribution in [-0.2, 0) is 9.53 Å². The Hall–Kier alpha value is -1.23. The summed E-state index contributed by atoms with van der Waals surface area (Å²) >= 11 is 3.39. The molecule has 0 radical (unpaired) electrons. The van der Waals surface area contributed by atoms with Gasteiger partial charge in [0.05, 0.1) is 12.8 Å². The monoisotopic (exact) mass is 329 g/mol. The van der Waals surface area contributed by atoms with Crippen molar-refractivity contribution in [3.63, 3.8) is 0 Å². The molecule has 1 aromatic carbocycles. The van der Waals surface area contributed by atoms with Gasteiger partial charge in [0.2, 0.25) is 0 Å². The number of nitrogens with one attached hydrogen (secondary N) is 1. The second-order valence-corrected chi connectivity index (χ2v) is 6.16. The van der Waals surface area contributed by atoms with Gasteiger partial charge < -0.3 is 14.8 Å².